The summed E-state index contributed by atoms with van der Waals surface area (Å²) in [5.74, 6) is -1.24. The lowest BCUT2D eigenvalue weighted by Crippen LogP contribution is -2.20. The van der Waals surface area contributed by atoms with Gasteiger partial charge in [0.15, 0.2) is 0 Å². The molecular weight excluding hydrogens is 413 g/mol. The Labute approximate surface area is 172 Å². The number of phenols is 1. The first-order chi connectivity index (χ1) is 14.9. The first-order valence-corrected chi connectivity index (χ1v) is 9.04. The Hall–Kier alpha value is -4.22. The summed E-state index contributed by atoms with van der Waals surface area (Å²) in [5, 5.41) is 27.2. The summed E-state index contributed by atoms with van der Waals surface area (Å²) in [6.45, 7) is 0. The molecule has 1 unspecified atom stereocenters. The number of anilines is 1. The fraction of sp³-hybridized carbons (Fsp3) is 0.105. The SMILES string of the molecule is Oc1ccc(C2C=C(c3cccc(-n4cnnn4)c3)Nc3nc(C(F)(F)F)nn32)cc1. The molecule has 1 aliphatic rings. The van der Waals surface area contributed by atoms with Crippen molar-refractivity contribution in [1.29, 1.82) is 0 Å². The van der Waals surface area contributed by atoms with Gasteiger partial charge >= 0.3 is 6.18 Å². The minimum Gasteiger partial charge on any atom is -0.508 e. The Kier molecular flexibility index (Phi) is 4.20. The van der Waals surface area contributed by atoms with E-state index in [9.17, 15) is 18.3 Å². The van der Waals surface area contributed by atoms with Crippen LogP contribution in [0.1, 0.15) is 23.0 Å². The van der Waals surface area contributed by atoms with Crippen LogP contribution >= 0.6 is 0 Å². The number of fused-ring (bicyclic) bond motifs is 1. The highest BCUT2D eigenvalue weighted by atomic mass is 19.4. The van der Waals surface area contributed by atoms with E-state index < -0.39 is 18.0 Å². The molecule has 0 saturated heterocycles. The van der Waals surface area contributed by atoms with E-state index in [4.69, 9.17) is 0 Å². The van der Waals surface area contributed by atoms with Gasteiger partial charge in [0.05, 0.1) is 5.69 Å². The number of halogens is 3. The first kappa shape index (κ1) is 18.8. The van der Waals surface area contributed by atoms with Crippen LogP contribution in [-0.4, -0.2) is 40.1 Å². The predicted molar refractivity (Wildman–Crippen MR) is 102 cm³/mol. The average molecular weight is 426 g/mol. The molecular formula is C19H13F3N8O. The van der Waals surface area contributed by atoms with Gasteiger partial charge < -0.3 is 10.4 Å². The van der Waals surface area contributed by atoms with Crippen molar-refractivity contribution in [2.75, 3.05) is 5.32 Å². The van der Waals surface area contributed by atoms with Gasteiger partial charge in [0.2, 0.25) is 5.95 Å². The quantitative estimate of drug-likeness (QED) is 0.519. The van der Waals surface area contributed by atoms with Crippen molar-refractivity contribution >= 4 is 11.6 Å². The Morgan fingerprint density at radius 1 is 1.06 bits per heavy atom. The third-order valence-electron chi connectivity index (χ3n) is 4.72. The number of tetrazole rings is 1. The summed E-state index contributed by atoms with van der Waals surface area (Å²) in [4.78, 5) is 3.65. The van der Waals surface area contributed by atoms with E-state index in [-0.39, 0.29) is 11.7 Å². The maximum absolute atomic E-state index is 13.2. The molecule has 31 heavy (non-hydrogen) atoms. The topological polar surface area (TPSA) is 107 Å². The van der Waals surface area contributed by atoms with E-state index in [1.165, 1.54) is 27.8 Å². The highest BCUT2D eigenvalue weighted by Crippen LogP contribution is 2.36. The van der Waals surface area contributed by atoms with Crippen LogP contribution in [0.5, 0.6) is 5.75 Å². The van der Waals surface area contributed by atoms with Crippen molar-refractivity contribution in [3.63, 3.8) is 0 Å². The normalized spacial score (nSPS) is 15.8. The van der Waals surface area contributed by atoms with Gasteiger partial charge in [-0.1, -0.05) is 24.3 Å². The lowest BCUT2D eigenvalue weighted by atomic mass is 10.0. The van der Waals surface area contributed by atoms with Gasteiger partial charge in [-0.25, -0.2) is 9.36 Å². The Balaban J connectivity index is 1.61. The van der Waals surface area contributed by atoms with Crippen molar-refractivity contribution in [1.82, 2.24) is 35.0 Å². The molecule has 0 aliphatic carbocycles. The van der Waals surface area contributed by atoms with E-state index in [0.717, 1.165) is 0 Å². The fourth-order valence-electron chi connectivity index (χ4n) is 3.29. The molecule has 2 aromatic carbocycles. The number of aromatic nitrogens is 7. The number of rotatable bonds is 3. The van der Waals surface area contributed by atoms with Crippen LogP contribution in [-0.2, 0) is 6.18 Å². The van der Waals surface area contributed by atoms with Gasteiger partial charge in [-0.05, 0) is 51.9 Å². The van der Waals surface area contributed by atoms with Gasteiger partial charge in [-0.15, -0.1) is 10.2 Å². The van der Waals surface area contributed by atoms with Crippen LogP contribution in [0.2, 0.25) is 0 Å². The zero-order chi connectivity index (χ0) is 21.6. The lowest BCUT2D eigenvalue weighted by molar-refractivity contribution is -0.145. The minimum absolute atomic E-state index is 0.0456. The van der Waals surface area contributed by atoms with Crippen molar-refractivity contribution in [2.24, 2.45) is 0 Å². The molecule has 0 bridgehead atoms. The number of hydrogen-bond acceptors (Lipinski definition) is 7. The number of allylic oxidation sites excluding steroid dienone is 1. The van der Waals surface area contributed by atoms with E-state index >= 15 is 0 Å². The zero-order valence-electron chi connectivity index (χ0n) is 15.6. The molecule has 156 valence electrons. The molecule has 1 atom stereocenters. The second-order valence-corrected chi connectivity index (χ2v) is 6.75. The molecule has 3 heterocycles. The number of aromatic hydroxyl groups is 1. The molecule has 1 aliphatic heterocycles. The van der Waals surface area contributed by atoms with E-state index in [2.05, 4.69) is 30.9 Å². The molecule has 2 aromatic heterocycles. The number of benzene rings is 2. The molecule has 0 saturated carbocycles. The number of hydrogen-bond donors (Lipinski definition) is 2. The second kappa shape index (κ2) is 6.93. The molecule has 5 rings (SSSR count). The standard InChI is InChI=1S/C19H13F3N8O/c20-19(21,22)17-25-18-24-15(12-2-1-3-13(8-12)29-10-23-27-28-29)9-16(30(18)26-17)11-4-6-14(31)7-5-11/h1-10,16,31H,(H,24,25,26). The molecule has 12 heteroatoms. The van der Waals surface area contributed by atoms with Gasteiger partial charge in [0.25, 0.3) is 5.82 Å². The van der Waals surface area contributed by atoms with E-state index in [1.54, 1.807) is 42.5 Å². The monoisotopic (exact) mass is 426 g/mol. The summed E-state index contributed by atoms with van der Waals surface area (Å²) in [6.07, 6.45) is -1.51. The highest BCUT2D eigenvalue weighted by molar-refractivity contribution is 5.78. The Bertz CT molecular complexity index is 1260. The van der Waals surface area contributed by atoms with Gasteiger partial charge in [0, 0.05) is 5.70 Å². The minimum atomic E-state index is -4.69. The highest BCUT2D eigenvalue weighted by Gasteiger charge is 2.39. The largest absolute Gasteiger partial charge is 0.508 e. The third-order valence-corrected chi connectivity index (χ3v) is 4.72. The number of nitrogens with zero attached hydrogens (tertiary/aromatic N) is 7. The Morgan fingerprint density at radius 2 is 1.87 bits per heavy atom. The Morgan fingerprint density at radius 3 is 2.58 bits per heavy atom. The fourth-order valence-corrected chi connectivity index (χ4v) is 3.29. The van der Waals surface area contributed by atoms with Gasteiger partial charge in [-0.3, -0.25) is 0 Å². The summed E-state index contributed by atoms with van der Waals surface area (Å²) in [6, 6.07) is 12.7. The van der Waals surface area contributed by atoms with E-state index in [1.807, 2.05) is 0 Å². The molecule has 0 radical (unpaired) electrons. The first-order valence-electron chi connectivity index (χ1n) is 9.04. The molecule has 4 aromatic rings. The number of nitrogens with one attached hydrogen (secondary N) is 1. The molecule has 2 N–H and O–H groups in total. The van der Waals surface area contributed by atoms with Crippen LogP contribution in [0.25, 0.3) is 11.4 Å². The van der Waals surface area contributed by atoms with Crippen LogP contribution < -0.4 is 5.32 Å². The van der Waals surface area contributed by atoms with Gasteiger partial charge in [0.1, 0.15) is 18.1 Å². The van der Waals surface area contributed by atoms with Crippen molar-refractivity contribution < 1.29 is 18.3 Å². The van der Waals surface area contributed by atoms with Gasteiger partial charge in [-0.2, -0.15) is 18.2 Å². The predicted octanol–water partition coefficient (Wildman–Crippen LogP) is 3.03. The number of alkyl halides is 3. The average Bonchev–Trinajstić information content (AvgIpc) is 3.44. The third kappa shape index (κ3) is 3.47. The van der Waals surface area contributed by atoms with Crippen LogP contribution in [0.3, 0.4) is 0 Å². The molecule has 9 nitrogen and oxygen atoms in total. The van der Waals surface area contributed by atoms with Crippen LogP contribution in [0, 0.1) is 0 Å². The van der Waals surface area contributed by atoms with Crippen molar-refractivity contribution in [2.45, 2.75) is 12.2 Å². The molecule has 0 fully saturated rings. The summed E-state index contributed by atoms with van der Waals surface area (Å²) < 4.78 is 42.4. The molecule has 0 amide bonds. The number of phenolic OH excluding ortho intramolecular Hbond substituents is 1. The molecule has 0 spiro atoms. The summed E-state index contributed by atoms with van der Waals surface area (Å²) in [7, 11) is 0. The maximum Gasteiger partial charge on any atom is 0.453 e. The smallest absolute Gasteiger partial charge is 0.453 e. The summed E-state index contributed by atoms with van der Waals surface area (Å²) in [5.41, 5.74) is 2.55. The van der Waals surface area contributed by atoms with E-state index in [0.29, 0.717) is 22.5 Å². The van der Waals surface area contributed by atoms with Crippen molar-refractivity contribution in [3.8, 4) is 11.4 Å². The second-order valence-electron chi connectivity index (χ2n) is 6.75. The van der Waals surface area contributed by atoms with Crippen molar-refractivity contribution in [3.05, 3.63) is 77.9 Å². The maximum atomic E-state index is 13.2. The van der Waals surface area contributed by atoms with Crippen LogP contribution in [0.4, 0.5) is 19.1 Å². The zero-order valence-corrected chi connectivity index (χ0v) is 15.6. The van der Waals surface area contributed by atoms with Crippen LogP contribution in [0.15, 0.2) is 60.9 Å². The lowest BCUT2D eigenvalue weighted by Gasteiger charge is -2.24. The summed E-state index contributed by atoms with van der Waals surface area (Å²) >= 11 is 0.